The van der Waals surface area contributed by atoms with Crippen molar-refractivity contribution in [2.75, 3.05) is 57.8 Å². The number of likely N-dealkylation sites (tertiary alicyclic amines) is 1. The summed E-state index contributed by atoms with van der Waals surface area (Å²) in [5.41, 5.74) is 1.60. The Labute approximate surface area is 199 Å². The van der Waals surface area contributed by atoms with Crippen LogP contribution in [0.2, 0.25) is 0 Å². The summed E-state index contributed by atoms with van der Waals surface area (Å²) in [7, 11) is 1.91. The molecule has 3 fully saturated rings. The zero-order valence-electron chi connectivity index (χ0n) is 18.5. The first-order chi connectivity index (χ1) is 13.6. The van der Waals surface area contributed by atoms with Gasteiger partial charge >= 0.3 is 0 Å². The van der Waals surface area contributed by atoms with E-state index in [2.05, 4.69) is 50.7 Å². The SMILES string of the molecule is C=C(C)CN1CCC(NC(=NC)NCC2(N3CCSCC3)CCCCC2)CC1.I. The Hall–Kier alpha value is 0.01000. The van der Waals surface area contributed by atoms with Crippen LogP contribution in [-0.4, -0.2) is 85.2 Å². The van der Waals surface area contributed by atoms with Gasteiger partial charge in [0.05, 0.1) is 0 Å². The average molecular weight is 536 g/mol. The Kier molecular flexibility index (Phi) is 11.1. The Balaban J connectivity index is 0.00000300. The van der Waals surface area contributed by atoms with Crippen LogP contribution in [0.4, 0.5) is 0 Å². The fourth-order valence-electron chi connectivity index (χ4n) is 5.11. The van der Waals surface area contributed by atoms with Gasteiger partial charge in [0, 0.05) is 69.4 Å². The summed E-state index contributed by atoms with van der Waals surface area (Å²) in [6.07, 6.45) is 9.18. The minimum Gasteiger partial charge on any atom is -0.355 e. The quantitative estimate of drug-likeness (QED) is 0.236. The molecule has 3 aliphatic rings. The van der Waals surface area contributed by atoms with Crippen LogP contribution in [0.5, 0.6) is 0 Å². The largest absolute Gasteiger partial charge is 0.355 e. The number of hydrogen-bond donors (Lipinski definition) is 2. The Morgan fingerprint density at radius 3 is 2.34 bits per heavy atom. The van der Waals surface area contributed by atoms with Gasteiger partial charge in [-0.3, -0.25) is 14.8 Å². The van der Waals surface area contributed by atoms with E-state index >= 15 is 0 Å². The van der Waals surface area contributed by atoms with Crippen molar-refractivity contribution in [1.82, 2.24) is 20.4 Å². The van der Waals surface area contributed by atoms with Crippen molar-refractivity contribution in [3.8, 4) is 0 Å². The summed E-state index contributed by atoms with van der Waals surface area (Å²) in [6, 6.07) is 0.529. The average Bonchev–Trinajstić information content (AvgIpc) is 2.73. The van der Waals surface area contributed by atoms with Gasteiger partial charge in [-0.2, -0.15) is 11.8 Å². The maximum absolute atomic E-state index is 4.55. The summed E-state index contributed by atoms with van der Waals surface area (Å²) in [6.45, 7) is 13.0. The number of nitrogens with one attached hydrogen (secondary N) is 2. The van der Waals surface area contributed by atoms with E-state index in [0.717, 1.165) is 32.1 Å². The number of thioether (sulfide) groups is 1. The molecule has 0 bridgehead atoms. The van der Waals surface area contributed by atoms with Crippen LogP contribution >= 0.6 is 35.7 Å². The summed E-state index contributed by atoms with van der Waals surface area (Å²) in [4.78, 5) is 9.86. The molecule has 0 aromatic carbocycles. The highest BCUT2D eigenvalue weighted by molar-refractivity contribution is 14.0. The lowest BCUT2D eigenvalue weighted by molar-refractivity contribution is 0.0625. The van der Waals surface area contributed by atoms with Crippen LogP contribution in [0.15, 0.2) is 17.1 Å². The first-order valence-electron chi connectivity index (χ1n) is 11.3. The number of piperidine rings is 1. The first-order valence-corrected chi connectivity index (χ1v) is 12.4. The lowest BCUT2D eigenvalue weighted by Gasteiger charge is -2.48. The smallest absolute Gasteiger partial charge is 0.191 e. The topological polar surface area (TPSA) is 42.9 Å². The molecule has 0 atom stereocenters. The van der Waals surface area contributed by atoms with Crippen molar-refractivity contribution in [2.24, 2.45) is 4.99 Å². The third-order valence-corrected chi connectivity index (χ3v) is 7.64. The van der Waals surface area contributed by atoms with Crippen molar-refractivity contribution in [3.63, 3.8) is 0 Å². The van der Waals surface area contributed by atoms with Gasteiger partial charge in [0.15, 0.2) is 5.96 Å². The van der Waals surface area contributed by atoms with Crippen molar-refractivity contribution < 1.29 is 0 Å². The third-order valence-electron chi connectivity index (χ3n) is 6.70. The van der Waals surface area contributed by atoms with Gasteiger partial charge in [-0.15, -0.1) is 24.0 Å². The van der Waals surface area contributed by atoms with E-state index in [0.29, 0.717) is 11.6 Å². The summed E-state index contributed by atoms with van der Waals surface area (Å²) >= 11 is 2.11. The van der Waals surface area contributed by atoms with Gasteiger partial charge in [0.2, 0.25) is 0 Å². The van der Waals surface area contributed by atoms with E-state index in [1.54, 1.807) is 0 Å². The predicted molar refractivity (Wildman–Crippen MR) is 139 cm³/mol. The third kappa shape index (κ3) is 7.58. The van der Waals surface area contributed by atoms with E-state index in [4.69, 9.17) is 0 Å². The van der Waals surface area contributed by atoms with Crippen molar-refractivity contribution in [1.29, 1.82) is 0 Å². The number of aliphatic imine (C=N–C) groups is 1. The van der Waals surface area contributed by atoms with Gasteiger partial charge in [-0.25, -0.2) is 0 Å². The molecule has 1 aliphatic carbocycles. The summed E-state index contributed by atoms with van der Waals surface area (Å²) in [5.74, 6) is 3.57. The Morgan fingerprint density at radius 2 is 1.76 bits per heavy atom. The molecule has 5 nitrogen and oxygen atoms in total. The molecule has 0 amide bonds. The van der Waals surface area contributed by atoms with Crippen molar-refractivity contribution in [3.05, 3.63) is 12.2 Å². The highest BCUT2D eigenvalue weighted by Gasteiger charge is 2.38. The number of hydrogen-bond acceptors (Lipinski definition) is 4. The molecule has 2 aliphatic heterocycles. The molecular formula is C22H42IN5S. The maximum Gasteiger partial charge on any atom is 0.191 e. The second-order valence-electron chi connectivity index (χ2n) is 8.96. The highest BCUT2D eigenvalue weighted by Crippen LogP contribution is 2.34. The van der Waals surface area contributed by atoms with Gasteiger partial charge < -0.3 is 10.6 Å². The zero-order chi connectivity index (χ0) is 19.8. The van der Waals surface area contributed by atoms with Crippen LogP contribution in [0, 0.1) is 0 Å². The monoisotopic (exact) mass is 535 g/mol. The van der Waals surface area contributed by atoms with E-state index in [-0.39, 0.29) is 24.0 Å². The number of rotatable bonds is 6. The Morgan fingerprint density at radius 1 is 1.10 bits per heavy atom. The van der Waals surface area contributed by atoms with E-state index < -0.39 is 0 Å². The van der Waals surface area contributed by atoms with Crippen molar-refractivity contribution >= 4 is 41.7 Å². The van der Waals surface area contributed by atoms with Crippen LogP contribution < -0.4 is 10.6 Å². The predicted octanol–water partition coefficient (Wildman–Crippen LogP) is 3.56. The summed E-state index contributed by atoms with van der Waals surface area (Å²) in [5, 5.41) is 7.44. The minimum absolute atomic E-state index is 0. The fourth-order valence-corrected chi connectivity index (χ4v) is 6.01. The first kappa shape index (κ1) is 25.3. The van der Waals surface area contributed by atoms with Gasteiger partial charge in [-0.1, -0.05) is 31.4 Å². The molecule has 3 rings (SSSR count). The number of halogens is 1. The molecule has 2 N–H and O–H groups in total. The minimum atomic E-state index is 0. The molecular weight excluding hydrogens is 493 g/mol. The normalized spacial score (nSPS) is 24.6. The Bertz CT molecular complexity index is 521. The molecule has 2 saturated heterocycles. The van der Waals surface area contributed by atoms with E-state index in [1.807, 2.05) is 7.05 Å². The summed E-state index contributed by atoms with van der Waals surface area (Å²) < 4.78 is 0. The molecule has 0 aromatic heterocycles. The molecule has 7 heteroatoms. The number of nitrogens with zero attached hydrogens (tertiary/aromatic N) is 3. The molecule has 29 heavy (non-hydrogen) atoms. The van der Waals surface area contributed by atoms with Crippen LogP contribution in [0.25, 0.3) is 0 Å². The van der Waals surface area contributed by atoms with Crippen molar-refractivity contribution in [2.45, 2.75) is 63.5 Å². The molecule has 2 heterocycles. The zero-order valence-corrected chi connectivity index (χ0v) is 21.7. The lowest BCUT2D eigenvalue weighted by Crippen LogP contribution is -2.60. The van der Waals surface area contributed by atoms with Gasteiger partial charge in [0.25, 0.3) is 0 Å². The van der Waals surface area contributed by atoms with E-state index in [9.17, 15) is 0 Å². The van der Waals surface area contributed by atoms with Crippen LogP contribution in [-0.2, 0) is 0 Å². The molecule has 0 spiro atoms. The van der Waals surface area contributed by atoms with Gasteiger partial charge in [0.1, 0.15) is 0 Å². The molecule has 0 unspecified atom stereocenters. The standard InChI is InChI=1S/C22H41N5S.HI/c1-19(2)17-26-11-7-20(8-12-26)25-21(23-3)24-18-22(9-5-4-6-10-22)27-13-15-28-16-14-27;/h20H,1,4-18H2,2-3H3,(H2,23,24,25);1H. The lowest BCUT2D eigenvalue weighted by atomic mass is 9.80. The number of guanidine groups is 1. The fraction of sp³-hybridized carbons (Fsp3) is 0.864. The molecule has 0 aromatic rings. The second kappa shape index (κ2) is 12.8. The molecule has 168 valence electrons. The second-order valence-corrected chi connectivity index (χ2v) is 10.2. The maximum atomic E-state index is 4.55. The van der Waals surface area contributed by atoms with E-state index in [1.165, 1.54) is 75.1 Å². The van der Waals surface area contributed by atoms with Gasteiger partial charge in [-0.05, 0) is 32.6 Å². The molecule has 0 radical (unpaired) electrons. The van der Waals surface area contributed by atoms with Crippen LogP contribution in [0.1, 0.15) is 51.9 Å². The highest BCUT2D eigenvalue weighted by atomic mass is 127. The van der Waals surface area contributed by atoms with Crippen LogP contribution in [0.3, 0.4) is 0 Å². The molecule has 1 saturated carbocycles.